The molecule has 3 amide bonds. The van der Waals surface area contributed by atoms with Gasteiger partial charge in [-0.05, 0) is 23.4 Å². The molecule has 5 rings (SSSR count). The lowest BCUT2D eigenvalue weighted by Gasteiger charge is -2.34. The highest BCUT2D eigenvalue weighted by molar-refractivity contribution is 6.45. The highest BCUT2D eigenvalue weighted by atomic mass is 16.2. The van der Waals surface area contributed by atoms with Crippen LogP contribution in [0.4, 0.5) is 5.95 Å². The predicted molar refractivity (Wildman–Crippen MR) is 124 cm³/mol. The van der Waals surface area contributed by atoms with Crippen molar-refractivity contribution in [2.24, 2.45) is 0 Å². The highest BCUT2D eigenvalue weighted by Gasteiger charge is 2.30. The quantitative estimate of drug-likeness (QED) is 0.290. The first-order valence-electron chi connectivity index (χ1n) is 10.9. The van der Waals surface area contributed by atoms with Crippen LogP contribution in [0.3, 0.4) is 0 Å². The number of rotatable bonds is 5. The summed E-state index contributed by atoms with van der Waals surface area (Å²) in [5, 5.41) is 15.9. The summed E-state index contributed by atoms with van der Waals surface area (Å²) in [6.07, 6.45) is 1.42. The van der Waals surface area contributed by atoms with E-state index in [-0.39, 0.29) is 36.1 Å². The summed E-state index contributed by atoms with van der Waals surface area (Å²) < 4.78 is 0. The van der Waals surface area contributed by atoms with Gasteiger partial charge in [0.15, 0.2) is 0 Å². The first kappa shape index (κ1) is 21.9. The molecule has 0 aliphatic carbocycles. The van der Waals surface area contributed by atoms with Gasteiger partial charge in [0, 0.05) is 43.3 Å². The van der Waals surface area contributed by atoms with Gasteiger partial charge in [0.05, 0.1) is 16.6 Å². The minimum absolute atomic E-state index is 0.00919. The number of hydrogen-bond acceptors (Lipinski definition) is 7. The molecular formula is C23H20N8O4. The molecule has 1 aliphatic heterocycles. The second-order valence-corrected chi connectivity index (χ2v) is 7.90. The molecule has 1 aliphatic rings. The number of nitrogens with one attached hydrogen (secondary N) is 3. The molecule has 176 valence electrons. The third-order valence-corrected chi connectivity index (χ3v) is 5.84. The average molecular weight is 472 g/mol. The number of Topliss-reactive ketones (excluding diaryl/α,β-unsaturated/α-hetero) is 1. The Hall–Kier alpha value is -4.87. The Morgan fingerprint density at radius 2 is 1.60 bits per heavy atom. The third kappa shape index (κ3) is 4.24. The number of benzene rings is 2. The Bertz CT molecular complexity index is 1410. The van der Waals surface area contributed by atoms with E-state index in [0.717, 1.165) is 0 Å². The molecule has 1 fully saturated rings. The fraction of sp³-hybridized carbons (Fsp3) is 0.174. The van der Waals surface area contributed by atoms with Gasteiger partial charge in [-0.2, -0.15) is 5.21 Å². The number of piperazine rings is 1. The third-order valence-electron chi connectivity index (χ3n) is 5.84. The molecule has 0 bridgehead atoms. The van der Waals surface area contributed by atoms with Crippen molar-refractivity contribution in [2.75, 3.05) is 31.5 Å². The van der Waals surface area contributed by atoms with Crippen LogP contribution >= 0.6 is 0 Å². The van der Waals surface area contributed by atoms with Gasteiger partial charge < -0.3 is 14.8 Å². The van der Waals surface area contributed by atoms with Gasteiger partial charge in [0.2, 0.25) is 0 Å². The van der Waals surface area contributed by atoms with Gasteiger partial charge >= 0.3 is 0 Å². The smallest absolute Gasteiger partial charge is 0.295 e. The molecule has 0 radical (unpaired) electrons. The maximum absolute atomic E-state index is 13.1. The number of hydrogen-bond donors (Lipinski definition) is 3. The van der Waals surface area contributed by atoms with Gasteiger partial charge in [-0.15, -0.1) is 5.10 Å². The van der Waals surface area contributed by atoms with Crippen LogP contribution in [0.15, 0.2) is 54.7 Å². The summed E-state index contributed by atoms with van der Waals surface area (Å²) in [7, 11) is 0. The summed E-state index contributed by atoms with van der Waals surface area (Å²) in [5.74, 6) is -1.93. The van der Waals surface area contributed by atoms with Gasteiger partial charge in [-0.1, -0.05) is 35.4 Å². The number of fused-ring (bicyclic) bond motifs is 1. The second kappa shape index (κ2) is 9.17. The summed E-state index contributed by atoms with van der Waals surface area (Å²) in [6, 6.07) is 13.8. The van der Waals surface area contributed by atoms with E-state index in [1.165, 1.54) is 11.1 Å². The Balaban J connectivity index is 1.28. The Morgan fingerprint density at radius 3 is 2.31 bits per heavy atom. The number of ketones is 1. The molecule has 35 heavy (non-hydrogen) atoms. The zero-order chi connectivity index (χ0) is 24.4. The van der Waals surface area contributed by atoms with Crippen LogP contribution < -0.4 is 5.32 Å². The largest absolute Gasteiger partial charge is 0.360 e. The molecule has 0 spiro atoms. The molecular weight excluding hydrogens is 452 g/mol. The fourth-order valence-corrected chi connectivity index (χ4v) is 4.05. The average Bonchev–Trinajstić information content (AvgIpc) is 3.58. The Morgan fingerprint density at radius 1 is 0.857 bits per heavy atom. The second-order valence-electron chi connectivity index (χ2n) is 7.90. The molecule has 1 saturated heterocycles. The topological polar surface area (TPSA) is 157 Å². The fourth-order valence-electron chi connectivity index (χ4n) is 4.05. The maximum atomic E-state index is 13.1. The first-order chi connectivity index (χ1) is 17.0. The van der Waals surface area contributed by atoms with E-state index in [1.807, 2.05) is 6.07 Å². The number of carbonyl (C=O) groups is 4. The molecule has 12 heteroatoms. The van der Waals surface area contributed by atoms with E-state index in [0.29, 0.717) is 29.6 Å². The lowest BCUT2D eigenvalue weighted by Crippen LogP contribution is -2.52. The van der Waals surface area contributed by atoms with Crippen LogP contribution in [0.25, 0.3) is 10.9 Å². The zero-order valence-corrected chi connectivity index (χ0v) is 18.4. The highest BCUT2D eigenvalue weighted by Crippen LogP contribution is 2.24. The van der Waals surface area contributed by atoms with Gasteiger partial charge in [-0.3, -0.25) is 24.5 Å². The van der Waals surface area contributed by atoms with E-state index in [4.69, 9.17) is 0 Å². The van der Waals surface area contributed by atoms with E-state index in [9.17, 15) is 19.2 Å². The van der Waals surface area contributed by atoms with Crippen molar-refractivity contribution < 1.29 is 19.2 Å². The Labute approximate surface area is 198 Å². The minimum Gasteiger partial charge on any atom is -0.360 e. The molecule has 3 N–H and O–H groups in total. The van der Waals surface area contributed by atoms with Gasteiger partial charge in [0.25, 0.3) is 29.5 Å². The van der Waals surface area contributed by atoms with Crippen LogP contribution in [0.5, 0.6) is 0 Å². The summed E-state index contributed by atoms with van der Waals surface area (Å²) in [6.45, 7) is 1.18. The number of para-hydroxylation sites is 1. The molecule has 2 aromatic heterocycles. The van der Waals surface area contributed by atoms with Crippen LogP contribution in [-0.4, -0.2) is 85.1 Å². The standard InChI is InChI=1S/C23H20N8O4/c32-19(22(35)31-11-9-30(10-12-31)21(34)14-5-2-1-3-6-14)17-13-24-18-15(17)7-4-8-16(18)20(33)25-23-26-28-29-27-23/h1-8,13,24H,9-12H2,(H2,25,26,27,28,29,33). The molecule has 0 atom stereocenters. The van der Waals surface area contributed by atoms with E-state index in [1.54, 1.807) is 47.4 Å². The summed E-state index contributed by atoms with van der Waals surface area (Å²) in [4.78, 5) is 57.3. The van der Waals surface area contributed by atoms with Crippen molar-refractivity contribution in [1.29, 1.82) is 0 Å². The Kier molecular flexibility index (Phi) is 5.75. The van der Waals surface area contributed by atoms with Crippen molar-refractivity contribution in [3.05, 3.63) is 71.4 Å². The molecule has 12 nitrogen and oxygen atoms in total. The number of amides is 3. The van der Waals surface area contributed by atoms with Crippen molar-refractivity contribution >= 4 is 40.4 Å². The predicted octanol–water partition coefficient (Wildman–Crippen LogP) is 1.10. The van der Waals surface area contributed by atoms with Crippen molar-refractivity contribution in [3.8, 4) is 0 Å². The van der Waals surface area contributed by atoms with E-state index in [2.05, 4.69) is 30.9 Å². The number of tetrazole rings is 1. The monoisotopic (exact) mass is 472 g/mol. The van der Waals surface area contributed by atoms with Crippen LogP contribution in [-0.2, 0) is 4.79 Å². The maximum Gasteiger partial charge on any atom is 0.295 e. The number of aromatic amines is 2. The lowest BCUT2D eigenvalue weighted by atomic mass is 10.0. The molecule has 0 saturated carbocycles. The number of anilines is 1. The van der Waals surface area contributed by atoms with E-state index < -0.39 is 17.6 Å². The van der Waals surface area contributed by atoms with Crippen LogP contribution in [0, 0.1) is 0 Å². The zero-order valence-electron chi connectivity index (χ0n) is 18.4. The van der Waals surface area contributed by atoms with E-state index >= 15 is 0 Å². The number of H-pyrrole nitrogens is 2. The van der Waals surface area contributed by atoms with Gasteiger partial charge in [-0.25, -0.2) is 0 Å². The number of carbonyl (C=O) groups excluding carboxylic acids is 4. The molecule has 4 aromatic rings. The normalized spacial score (nSPS) is 13.6. The SMILES string of the molecule is O=C(C(=O)N1CCN(C(=O)c2ccccc2)CC1)c1c[nH]c2c(C(=O)Nc3nn[nH]n3)cccc12. The van der Waals surface area contributed by atoms with Gasteiger partial charge in [0.1, 0.15) is 0 Å². The molecule has 0 unspecified atom stereocenters. The van der Waals surface area contributed by atoms with Crippen molar-refractivity contribution in [1.82, 2.24) is 35.4 Å². The molecule has 2 aromatic carbocycles. The van der Waals surface area contributed by atoms with Crippen molar-refractivity contribution in [3.63, 3.8) is 0 Å². The first-order valence-corrected chi connectivity index (χ1v) is 10.9. The number of nitrogens with zero attached hydrogens (tertiary/aromatic N) is 5. The van der Waals surface area contributed by atoms with Crippen LogP contribution in [0.2, 0.25) is 0 Å². The van der Waals surface area contributed by atoms with Crippen LogP contribution in [0.1, 0.15) is 31.1 Å². The lowest BCUT2D eigenvalue weighted by molar-refractivity contribution is -0.127. The summed E-state index contributed by atoms with van der Waals surface area (Å²) in [5.41, 5.74) is 1.41. The van der Waals surface area contributed by atoms with Crippen molar-refractivity contribution in [2.45, 2.75) is 0 Å². The molecule has 3 heterocycles. The summed E-state index contributed by atoms with van der Waals surface area (Å²) >= 11 is 0. The number of aromatic nitrogens is 5. The minimum atomic E-state index is -0.685.